The molecular weight excluding hydrogens is 202 g/mol. The van der Waals surface area contributed by atoms with E-state index in [0.717, 1.165) is 0 Å². The number of hydrogen-bond donors (Lipinski definition) is 1. The average Bonchev–Trinajstić information content (AvgIpc) is 1.83. The number of carbonyl (C=O) groups excluding carboxylic acids is 1. The molecule has 6 heteroatoms. The molecule has 0 rings (SSSR count). The zero-order chi connectivity index (χ0) is 9.78. The van der Waals surface area contributed by atoms with Crippen LogP contribution in [-0.2, 0) is 13.9 Å². The molecule has 0 aliphatic heterocycles. The average molecular weight is 215 g/mol. The summed E-state index contributed by atoms with van der Waals surface area (Å²) in [5, 5.41) is -0.857. The minimum atomic E-state index is -3.80. The fraction of sp³-hybridized carbons (Fsp3) is 0.833. The van der Waals surface area contributed by atoms with Gasteiger partial charge in [-0.3, -0.25) is 9.36 Å². The first-order valence-electron chi connectivity index (χ1n) is 3.56. The molecule has 0 spiro atoms. The van der Waals surface area contributed by atoms with Crippen LogP contribution in [0.4, 0.5) is 0 Å². The highest BCUT2D eigenvalue weighted by atomic mass is 35.5. The Kier molecular flexibility index (Phi) is 5.02. The van der Waals surface area contributed by atoms with Crippen molar-refractivity contribution in [3.05, 3.63) is 0 Å². The summed E-state index contributed by atoms with van der Waals surface area (Å²) in [4.78, 5) is 19.3. The molecule has 0 bridgehead atoms. The SMILES string of the molecule is CCC(C)OP(=O)(O)CC(=O)Cl. The van der Waals surface area contributed by atoms with E-state index in [0.29, 0.717) is 6.42 Å². The van der Waals surface area contributed by atoms with Crippen molar-refractivity contribution in [3.63, 3.8) is 0 Å². The minimum Gasteiger partial charge on any atom is -0.324 e. The van der Waals surface area contributed by atoms with Gasteiger partial charge in [0.05, 0.1) is 6.10 Å². The lowest BCUT2D eigenvalue weighted by atomic mass is 10.3. The largest absolute Gasteiger partial charge is 0.337 e. The standard InChI is InChI=1S/C6H12ClO4P/c1-3-5(2)11-12(9,10)4-6(7)8/h5H,3-4H2,1-2H3,(H,9,10). The second-order valence-corrected chi connectivity index (χ2v) is 4.70. The van der Waals surface area contributed by atoms with Crippen molar-refractivity contribution in [1.29, 1.82) is 0 Å². The maximum atomic E-state index is 11.0. The molecule has 0 saturated heterocycles. The highest BCUT2D eigenvalue weighted by Gasteiger charge is 2.24. The van der Waals surface area contributed by atoms with Gasteiger partial charge in [0.1, 0.15) is 6.16 Å². The fourth-order valence-corrected chi connectivity index (χ4v) is 2.10. The first kappa shape index (κ1) is 12.1. The summed E-state index contributed by atoms with van der Waals surface area (Å²) in [6.07, 6.45) is -0.350. The molecule has 0 saturated carbocycles. The number of rotatable bonds is 5. The van der Waals surface area contributed by atoms with E-state index >= 15 is 0 Å². The van der Waals surface area contributed by atoms with Gasteiger partial charge in [0.2, 0.25) is 5.24 Å². The Bertz CT molecular complexity index is 206. The van der Waals surface area contributed by atoms with Crippen LogP contribution in [0.25, 0.3) is 0 Å². The molecule has 2 unspecified atom stereocenters. The molecule has 0 aromatic heterocycles. The van der Waals surface area contributed by atoms with E-state index in [4.69, 9.17) is 21.0 Å². The maximum Gasteiger partial charge on any atom is 0.337 e. The zero-order valence-corrected chi connectivity index (χ0v) is 8.64. The van der Waals surface area contributed by atoms with Crippen LogP contribution in [0, 0.1) is 0 Å². The highest BCUT2D eigenvalue weighted by Crippen LogP contribution is 2.43. The molecule has 0 aliphatic rings. The molecule has 12 heavy (non-hydrogen) atoms. The van der Waals surface area contributed by atoms with Gasteiger partial charge in [0, 0.05) is 0 Å². The smallest absolute Gasteiger partial charge is 0.324 e. The lowest BCUT2D eigenvalue weighted by Crippen LogP contribution is -2.08. The van der Waals surface area contributed by atoms with Crippen molar-refractivity contribution in [3.8, 4) is 0 Å². The Morgan fingerprint density at radius 1 is 1.75 bits per heavy atom. The molecule has 1 N–H and O–H groups in total. The van der Waals surface area contributed by atoms with Crippen molar-refractivity contribution < 1.29 is 18.8 Å². The van der Waals surface area contributed by atoms with Crippen LogP contribution in [0.3, 0.4) is 0 Å². The van der Waals surface area contributed by atoms with Crippen LogP contribution in [0.5, 0.6) is 0 Å². The van der Waals surface area contributed by atoms with Crippen LogP contribution in [0.1, 0.15) is 20.3 Å². The van der Waals surface area contributed by atoms with E-state index in [9.17, 15) is 9.36 Å². The molecule has 0 amide bonds. The van der Waals surface area contributed by atoms with Gasteiger partial charge in [-0.15, -0.1) is 0 Å². The van der Waals surface area contributed by atoms with Gasteiger partial charge in [-0.25, -0.2) is 0 Å². The molecular formula is C6H12ClO4P. The second kappa shape index (κ2) is 4.97. The summed E-state index contributed by atoms with van der Waals surface area (Å²) in [5.74, 6) is 0. The minimum absolute atomic E-state index is 0.336. The van der Waals surface area contributed by atoms with Crippen LogP contribution in [-0.4, -0.2) is 22.4 Å². The second-order valence-electron chi connectivity index (χ2n) is 2.47. The molecule has 2 atom stereocenters. The number of halogens is 1. The van der Waals surface area contributed by atoms with E-state index in [2.05, 4.69) is 0 Å². The summed E-state index contributed by atoms with van der Waals surface area (Å²) in [6, 6.07) is 0. The molecule has 4 nitrogen and oxygen atoms in total. The molecule has 0 aromatic carbocycles. The van der Waals surface area contributed by atoms with Gasteiger partial charge in [-0.05, 0) is 24.9 Å². The molecule has 72 valence electrons. The predicted octanol–water partition coefficient (Wildman–Crippen LogP) is 1.75. The Morgan fingerprint density at radius 2 is 2.25 bits per heavy atom. The quantitative estimate of drug-likeness (QED) is 0.559. The lowest BCUT2D eigenvalue weighted by molar-refractivity contribution is -0.109. The molecule has 0 aromatic rings. The van der Waals surface area contributed by atoms with Gasteiger partial charge in [0.25, 0.3) is 0 Å². The number of carbonyl (C=O) groups is 1. The molecule has 0 heterocycles. The van der Waals surface area contributed by atoms with Crippen molar-refractivity contribution in [2.75, 3.05) is 6.16 Å². The third-order valence-electron chi connectivity index (χ3n) is 1.24. The Labute approximate surface area is 76.4 Å². The molecule has 0 radical (unpaired) electrons. The third kappa shape index (κ3) is 5.72. The van der Waals surface area contributed by atoms with E-state index in [1.165, 1.54) is 0 Å². The van der Waals surface area contributed by atoms with Crippen molar-refractivity contribution >= 4 is 24.4 Å². The number of hydrogen-bond acceptors (Lipinski definition) is 3. The summed E-state index contributed by atoms with van der Waals surface area (Å²) < 4.78 is 15.7. The van der Waals surface area contributed by atoms with E-state index in [-0.39, 0.29) is 6.10 Å². The first-order valence-corrected chi connectivity index (χ1v) is 5.70. The van der Waals surface area contributed by atoms with E-state index in [1.807, 2.05) is 6.92 Å². The summed E-state index contributed by atoms with van der Waals surface area (Å²) in [7, 11) is -3.80. The van der Waals surface area contributed by atoms with Crippen LogP contribution >= 0.6 is 19.2 Å². The van der Waals surface area contributed by atoms with Gasteiger partial charge in [-0.1, -0.05) is 6.92 Å². The first-order chi connectivity index (χ1) is 5.37. The van der Waals surface area contributed by atoms with Crippen molar-refractivity contribution in [1.82, 2.24) is 0 Å². The summed E-state index contributed by atoms with van der Waals surface area (Å²) >= 11 is 4.94. The van der Waals surface area contributed by atoms with E-state index < -0.39 is 19.0 Å². The normalized spacial score (nSPS) is 18.3. The van der Waals surface area contributed by atoms with E-state index in [1.54, 1.807) is 6.92 Å². The van der Waals surface area contributed by atoms with Crippen LogP contribution < -0.4 is 0 Å². The molecule has 0 fully saturated rings. The topological polar surface area (TPSA) is 63.6 Å². The van der Waals surface area contributed by atoms with Crippen LogP contribution in [0.2, 0.25) is 0 Å². The predicted molar refractivity (Wildman–Crippen MR) is 46.4 cm³/mol. The zero-order valence-electron chi connectivity index (χ0n) is 6.99. The summed E-state index contributed by atoms with van der Waals surface area (Å²) in [6.45, 7) is 3.47. The fourth-order valence-electron chi connectivity index (χ4n) is 0.550. The highest BCUT2D eigenvalue weighted by molar-refractivity contribution is 7.54. The van der Waals surface area contributed by atoms with Gasteiger partial charge < -0.3 is 9.42 Å². The Balaban J connectivity index is 4.04. The van der Waals surface area contributed by atoms with Gasteiger partial charge in [-0.2, -0.15) is 0 Å². The van der Waals surface area contributed by atoms with Gasteiger partial charge >= 0.3 is 7.60 Å². The van der Waals surface area contributed by atoms with Crippen molar-refractivity contribution in [2.45, 2.75) is 26.4 Å². The van der Waals surface area contributed by atoms with Gasteiger partial charge in [0.15, 0.2) is 0 Å². The Morgan fingerprint density at radius 3 is 2.58 bits per heavy atom. The Hall–Kier alpha value is 0.110. The van der Waals surface area contributed by atoms with Crippen molar-refractivity contribution in [2.24, 2.45) is 0 Å². The lowest BCUT2D eigenvalue weighted by Gasteiger charge is -2.14. The maximum absolute atomic E-state index is 11.0. The summed E-state index contributed by atoms with van der Waals surface area (Å²) in [5.41, 5.74) is 0. The monoisotopic (exact) mass is 214 g/mol. The molecule has 0 aliphatic carbocycles. The third-order valence-corrected chi connectivity index (χ3v) is 2.94. The van der Waals surface area contributed by atoms with Crippen LogP contribution in [0.15, 0.2) is 0 Å².